The standard InChI is InChI=1S/C20H21N3O5S/c1-13-4-7-15(8-5-13)29(26,27)23-10-2-3-17(23)20(25)21-14-6-9-18-16(11-14)22-19(24)12-28-18/h4-9,11,17H,2-3,10,12H2,1H3,(H,21,25)(H,22,24)/t17-/m0/s1. The van der Waals surface area contributed by atoms with E-state index in [9.17, 15) is 18.0 Å². The summed E-state index contributed by atoms with van der Waals surface area (Å²) in [5, 5.41) is 5.44. The number of ether oxygens (including phenoxy) is 1. The van der Waals surface area contributed by atoms with Crippen LogP contribution >= 0.6 is 0 Å². The van der Waals surface area contributed by atoms with Crippen LogP contribution in [0.25, 0.3) is 0 Å². The summed E-state index contributed by atoms with van der Waals surface area (Å²) in [6.07, 6.45) is 1.05. The molecule has 1 atom stereocenters. The molecule has 2 heterocycles. The Labute approximate surface area is 168 Å². The minimum absolute atomic E-state index is 0.0490. The second-order valence-corrected chi connectivity index (χ2v) is 9.01. The molecule has 152 valence electrons. The molecule has 0 radical (unpaired) electrons. The van der Waals surface area contributed by atoms with E-state index < -0.39 is 22.0 Å². The quantitative estimate of drug-likeness (QED) is 0.796. The molecule has 2 aliphatic rings. The van der Waals surface area contributed by atoms with Crippen LogP contribution in [0.1, 0.15) is 18.4 Å². The molecule has 0 spiro atoms. The molecule has 0 saturated carbocycles. The van der Waals surface area contributed by atoms with E-state index in [-0.39, 0.29) is 17.4 Å². The second kappa shape index (κ2) is 7.49. The van der Waals surface area contributed by atoms with Gasteiger partial charge in [-0.3, -0.25) is 9.59 Å². The van der Waals surface area contributed by atoms with Crippen LogP contribution in [-0.2, 0) is 19.6 Å². The highest BCUT2D eigenvalue weighted by molar-refractivity contribution is 7.89. The van der Waals surface area contributed by atoms with E-state index in [1.807, 2.05) is 6.92 Å². The summed E-state index contributed by atoms with van der Waals surface area (Å²) < 4.78 is 32.6. The van der Waals surface area contributed by atoms with Gasteiger partial charge in [0.15, 0.2) is 6.61 Å². The number of carbonyl (C=O) groups is 2. The molecular formula is C20H21N3O5S. The van der Waals surface area contributed by atoms with E-state index >= 15 is 0 Å². The Morgan fingerprint density at radius 3 is 2.72 bits per heavy atom. The monoisotopic (exact) mass is 415 g/mol. The summed E-state index contributed by atoms with van der Waals surface area (Å²) in [4.78, 5) is 24.5. The molecule has 2 aliphatic heterocycles. The largest absolute Gasteiger partial charge is 0.482 e. The van der Waals surface area contributed by atoms with Gasteiger partial charge in [0.25, 0.3) is 5.91 Å². The van der Waals surface area contributed by atoms with E-state index in [1.165, 1.54) is 4.31 Å². The van der Waals surface area contributed by atoms with Gasteiger partial charge in [-0.05, 0) is 50.1 Å². The molecule has 2 aromatic carbocycles. The van der Waals surface area contributed by atoms with Crippen LogP contribution < -0.4 is 15.4 Å². The van der Waals surface area contributed by atoms with Gasteiger partial charge < -0.3 is 15.4 Å². The second-order valence-electron chi connectivity index (χ2n) is 7.12. The molecule has 2 amide bonds. The van der Waals surface area contributed by atoms with E-state index in [1.54, 1.807) is 42.5 Å². The van der Waals surface area contributed by atoms with E-state index in [2.05, 4.69) is 10.6 Å². The third kappa shape index (κ3) is 3.83. The highest BCUT2D eigenvalue weighted by atomic mass is 32.2. The maximum absolute atomic E-state index is 13.0. The van der Waals surface area contributed by atoms with Gasteiger partial charge in [0.05, 0.1) is 10.6 Å². The van der Waals surface area contributed by atoms with Gasteiger partial charge in [-0.1, -0.05) is 17.7 Å². The minimum Gasteiger partial charge on any atom is -0.482 e. The predicted octanol–water partition coefficient (Wildman–Crippen LogP) is 2.12. The predicted molar refractivity (Wildman–Crippen MR) is 107 cm³/mol. The van der Waals surface area contributed by atoms with Crippen molar-refractivity contribution in [2.75, 3.05) is 23.8 Å². The normalized spacial score (nSPS) is 19.2. The number of anilines is 2. The van der Waals surface area contributed by atoms with Crippen molar-refractivity contribution in [3.05, 3.63) is 48.0 Å². The zero-order valence-electron chi connectivity index (χ0n) is 15.8. The topological polar surface area (TPSA) is 105 Å². The highest BCUT2D eigenvalue weighted by Gasteiger charge is 2.39. The number of nitrogens with zero attached hydrogens (tertiary/aromatic N) is 1. The Hall–Kier alpha value is -2.91. The average Bonchev–Trinajstić information content (AvgIpc) is 3.19. The first-order chi connectivity index (χ1) is 13.8. The van der Waals surface area contributed by atoms with E-state index in [0.29, 0.717) is 36.5 Å². The van der Waals surface area contributed by atoms with Gasteiger partial charge in [0.1, 0.15) is 11.8 Å². The Morgan fingerprint density at radius 1 is 1.21 bits per heavy atom. The first-order valence-electron chi connectivity index (χ1n) is 9.31. The Kier molecular flexibility index (Phi) is 5.01. The fourth-order valence-electron chi connectivity index (χ4n) is 3.52. The van der Waals surface area contributed by atoms with E-state index in [4.69, 9.17) is 4.74 Å². The van der Waals surface area contributed by atoms with Gasteiger partial charge in [0.2, 0.25) is 15.9 Å². The fourth-order valence-corrected chi connectivity index (χ4v) is 5.18. The smallest absolute Gasteiger partial charge is 0.262 e. The number of amides is 2. The maximum atomic E-state index is 13.0. The van der Waals surface area contributed by atoms with Crippen molar-refractivity contribution < 1.29 is 22.7 Å². The van der Waals surface area contributed by atoms with Crippen molar-refractivity contribution in [2.24, 2.45) is 0 Å². The van der Waals surface area contributed by atoms with Gasteiger partial charge in [0, 0.05) is 12.2 Å². The molecule has 29 heavy (non-hydrogen) atoms. The highest BCUT2D eigenvalue weighted by Crippen LogP contribution is 2.31. The van der Waals surface area contributed by atoms with Crippen molar-refractivity contribution in [3.63, 3.8) is 0 Å². The van der Waals surface area contributed by atoms with Crippen LogP contribution in [0.3, 0.4) is 0 Å². The molecule has 9 heteroatoms. The average molecular weight is 415 g/mol. The maximum Gasteiger partial charge on any atom is 0.262 e. The van der Waals surface area contributed by atoms with Gasteiger partial charge in [-0.25, -0.2) is 8.42 Å². The molecule has 4 rings (SSSR count). The third-order valence-corrected chi connectivity index (χ3v) is 6.94. The Balaban J connectivity index is 1.53. The van der Waals surface area contributed by atoms with Crippen LogP contribution in [-0.4, -0.2) is 43.7 Å². The number of fused-ring (bicyclic) bond motifs is 1. The SMILES string of the molecule is Cc1ccc(S(=O)(=O)N2CCC[C@H]2C(=O)Nc2ccc3c(c2)NC(=O)CO3)cc1. The lowest BCUT2D eigenvalue weighted by Gasteiger charge is -2.24. The molecule has 1 fully saturated rings. The molecule has 0 aromatic heterocycles. The summed E-state index contributed by atoms with van der Waals surface area (Å²) >= 11 is 0. The molecule has 2 aromatic rings. The van der Waals surface area contributed by atoms with Crippen LogP contribution in [0.4, 0.5) is 11.4 Å². The van der Waals surface area contributed by atoms with Crippen molar-refractivity contribution in [3.8, 4) is 5.75 Å². The molecule has 0 unspecified atom stereocenters. The number of sulfonamides is 1. The third-order valence-electron chi connectivity index (χ3n) is 5.01. The van der Waals surface area contributed by atoms with Gasteiger partial charge in [-0.15, -0.1) is 0 Å². The molecule has 0 aliphatic carbocycles. The number of hydrogen-bond acceptors (Lipinski definition) is 5. The zero-order chi connectivity index (χ0) is 20.6. The molecule has 2 N–H and O–H groups in total. The summed E-state index contributed by atoms with van der Waals surface area (Å²) in [5.41, 5.74) is 1.89. The van der Waals surface area contributed by atoms with Gasteiger partial charge >= 0.3 is 0 Å². The Morgan fingerprint density at radius 2 is 1.97 bits per heavy atom. The first-order valence-corrected chi connectivity index (χ1v) is 10.7. The van der Waals surface area contributed by atoms with Crippen molar-refractivity contribution >= 4 is 33.2 Å². The Bertz CT molecular complexity index is 1070. The zero-order valence-corrected chi connectivity index (χ0v) is 16.7. The molecule has 0 bridgehead atoms. The lowest BCUT2D eigenvalue weighted by molar-refractivity contribution is -0.119. The molecule has 8 nitrogen and oxygen atoms in total. The summed E-state index contributed by atoms with van der Waals surface area (Å²) in [7, 11) is -3.77. The number of hydrogen-bond donors (Lipinski definition) is 2. The minimum atomic E-state index is -3.77. The fraction of sp³-hybridized carbons (Fsp3) is 0.300. The summed E-state index contributed by atoms with van der Waals surface area (Å²) in [6.45, 7) is 2.13. The number of benzene rings is 2. The number of carbonyl (C=O) groups excluding carboxylic acids is 2. The molecule has 1 saturated heterocycles. The van der Waals surface area contributed by atoms with Crippen molar-refractivity contribution in [1.82, 2.24) is 4.31 Å². The number of rotatable bonds is 4. The molecular weight excluding hydrogens is 394 g/mol. The first kappa shape index (κ1) is 19.4. The number of aryl methyl sites for hydroxylation is 1. The van der Waals surface area contributed by atoms with Crippen LogP contribution in [0, 0.1) is 6.92 Å². The van der Waals surface area contributed by atoms with Gasteiger partial charge in [-0.2, -0.15) is 4.31 Å². The van der Waals surface area contributed by atoms with Crippen molar-refractivity contribution in [1.29, 1.82) is 0 Å². The van der Waals surface area contributed by atoms with Crippen LogP contribution in [0.5, 0.6) is 5.75 Å². The summed E-state index contributed by atoms with van der Waals surface area (Å²) in [6, 6.07) is 10.7. The van der Waals surface area contributed by atoms with E-state index in [0.717, 1.165) is 5.56 Å². The summed E-state index contributed by atoms with van der Waals surface area (Å²) in [5.74, 6) is -0.152. The van der Waals surface area contributed by atoms with Crippen molar-refractivity contribution in [2.45, 2.75) is 30.7 Å². The lowest BCUT2D eigenvalue weighted by atomic mass is 10.2. The lowest BCUT2D eigenvalue weighted by Crippen LogP contribution is -2.43. The number of nitrogens with one attached hydrogen (secondary N) is 2. The van der Waals surface area contributed by atoms with Crippen LogP contribution in [0.2, 0.25) is 0 Å². The van der Waals surface area contributed by atoms with Crippen LogP contribution in [0.15, 0.2) is 47.4 Å².